The van der Waals surface area contributed by atoms with E-state index in [4.69, 9.17) is 47.3 Å². The van der Waals surface area contributed by atoms with Crippen molar-refractivity contribution in [1.82, 2.24) is 0 Å². The zero-order chi connectivity index (χ0) is 8.00. The normalized spacial score (nSPS) is 0.800. The van der Waals surface area contributed by atoms with Crippen molar-refractivity contribution in [2.45, 2.75) is 0 Å². The van der Waals surface area contributed by atoms with Gasteiger partial charge >= 0.3 is 40.1 Å². The third-order valence-electron chi connectivity index (χ3n) is 0. The summed E-state index contributed by atoms with van der Waals surface area (Å²) in [5, 5.41) is 25.0. The molecule has 0 N–H and O–H groups in total. The fourth-order valence-electron chi connectivity index (χ4n) is 0. The molecule has 0 bridgehead atoms. The van der Waals surface area contributed by atoms with Crippen LogP contribution in [0.25, 0.3) is 0 Å². The predicted molar refractivity (Wildman–Crippen MR) is 25.6 cm³/mol. The minimum absolute atomic E-state index is 0. The van der Waals surface area contributed by atoms with Crippen molar-refractivity contribution in [1.29, 1.82) is 21.0 Å². The van der Waals surface area contributed by atoms with Crippen molar-refractivity contribution in [2.24, 2.45) is 0 Å². The first-order chi connectivity index (χ1) is 4.00. The van der Waals surface area contributed by atoms with E-state index in [9.17, 15) is 0 Å². The van der Waals surface area contributed by atoms with Gasteiger partial charge in [-0.15, -0.1) is 0 Å². The molecule has 0 fully saturated rings. The Morgan fingerprint density at radius 1 is 0.500 bits per heavy atom. The first kappa shape index (κ1) is 59.7. The van der Waals surface area contributed by atoms with E-state index in [2.05, 4.69) is 0 Å². The van der Waals surface area contributed by atoms with Crippen molar-refractivity contribution < 1.29 is 17.1 Å². The zero-order valence-electron chi connectivity index (χ0n) is 4.85. The minimum Gasteiger partial charge on any atom is -0.512 e. The molecule has 0 aromatic carbocycles. The SMILES string of the molecule is [C-]#N.[C-]#N.[C-]#N.[C-]#N.[Fe+2].[Mg+2]. The van der Waals surface area contributed by atoms with Gasteiger partial charge in [0.25, 0.3) is 0 Å². The van der Waals surface area contributed by atoms with Crippen LogP contribution in [-0.4, -0.2) is 23.1 Å². The molecule has 0 atom stereocenters. The van der Waals surface area contributed by atoms with E-state index in [-0.39, 0.29) is 40.1 Å². The molecule has 0 saturated heterocycles. The van der Waals surface area contributed by atoms with Gasteiger partial charge in [0, 0.05) is 0 Å². The second-order valence-electron chi connectivity index (χ2n) is 0. The summed E-state index contributed by atoms with van der Waals surface area (Å²) in [5.41, 5.74) is 0. The molecule has 0 spiro atoms. The summed E-state index contributed by atoms with van der Waals surface area (Å²) in [4.78, 5) is 0. The van der Waals surface area contributed by atoms with E-state index < -0.39 is 0 Å². The van der Waals surface area contributed by atoms with Gasteiger partial charge in [-0.05, 0) is 0 Å². The fourth-order valence-corrected chi connectivity index (χ4v) is 0. The van der Waals surface area contributed by atoms with E-state index in [0.29, 0.717) is 0 Å². The smallest absolute Gasteiger partial charge is 0.512 e. The Hall–Kier alpha value is -0.754. The van der Waals surface area contributed by atoms with Gasteiger partial charge in [0.2, 0.25) is 0 Å². The summed E-state index contributed by atoms with van der Waals surface area (Å²) < 4.78 is 0. The molecule has 0 saturated carbocycles. The summed E-state index contributed by atoms with van der Waals surface area (Å²) >= 11 is 0. The molecule has 0 heterocycles. The first-order valence-corrected chi connectivity index (χ1v) is 0.894. The van der Waals surface area contributed by atoms with Crippen LogP contribution < -0.4 is 0 Å². The maximum Gasteiger partial charge on any atom is 2.00 e. The number of hydrogen-bond acceptors (Lipinski definition) is 4. The molecule has 6 heteroatoms. The van der Waals surface area contributed by atoms with Crippen molar-refractivity contribution in [3.8, 4) is 0 Å². The Balaban J connectivity index is -0.00000000500. The van der Waals surface area contributed by atoms with Crippen LogP contribution in [0.3, 0.4) is 0 Å². The quantitative estimate of drug-likeness (QED) is 0.391. The van der Waals surface area contributed by atoms with E-state index in [1.165, 1.54) is 0 Å². The van der Waals surface area contributed by atoms with Gasteiger partial charge < -0.3 is 47.3 Å². The number of nitrogens with zero attached hydrogens (tertiary/aromatic N) is 4. The summed E-state index contributed by atoms with van der Waals surface area (Å²) in [6.07, 6.45) is 0. The van der Waals surface area contributed by atoms with Gasteiger partial charge in [0.05, 0.1) is 0 Å². The van der Waals surface area contributed by atoms with Crippen LogP contribution in [0.5, 0.6) is 0 Å². The van der Waals surface area contributed by atoms with E-state index in [1.54, 1.807) is 0 Å². The van der Waals surface area contributed by atoms with E-state index in [0.717, 1.165) is 0 Å². The van der Waals surface area contributed by atoms with E-state index >= 15 is 0 Å². The molecular formula is C4FeMgN4. The molecule has 10 heavy (non-hydrogen) atoms. The van der Waals surface area contributed by atoms with Crippen LogP contribution in [0.2, 0.25) is 0 Å². The Kier molecular flexibility index (Phi) is 4540. The van der Waals surface area contributed by atoms with Crippen LogP contribution in [0.1, 0.15) is 0 Å². The summed E-state index contributed by atoms with van der Waals surface area (Å²) in [7, 11) is 0. The monoisotopic (exact) mass is 184 g/mol. The van der Waals surface area contributed by atoms with Crippen LogP contribution >= 0.6 is 0 Å². The van der Waals surface area contributed by atoms with Crippen LogP contribution in [-0.2, 0) is 17.1 Å². The van der Waals surface area contributed by atoms with Crippen molar-refractivity contribution in [2.75, 3.05) is 0 Å². The van der Waals surface area contributed by atoms with Crippen LogP contribution in [0, 0.1) is 47.3 Å². The molecule has 0 rings (SSSR count). The molecular weight excluding hydrogens is 184 g/mol. The number of rotatable bonds is 0. The van der Waals surface area contributed by atoms with Crippen molar-refractivity contribution in [3.63, 3.8) is 0 Å². The molecule has 0 aromatic rings. The maximum atomic E-state index is 6.25. The molecule has 4 nitrogen and oxygen atoms in total. The average molecular weight is 184 g/mol. The van der Waals surface area contributed by atoms with Crippen molar-refractivity contribution >= 4 is 23.1 Å². The molecule has 0 aromatic heterocycles. The Labute approximate surface area is 87.3 Å². The summed E-state index contributed by atoms with van der Waals surface area (Å²) in [6, 6.07) is 0. The Bertz CT molecular complexity index is 60.2. The molecule has 0 aliphatic heterocycles. The third kappa shape index (κ3) is 497. The average Bonchev–Trinajstić information content (AvgIpc) is 2.03. The molecule has 0 aliphatic rings. The van der Waals surface area contributed by atoms with Gasteiger partial charge in [-0.2, -0.15) is 0 Å². The topological polar surface area (TPSA) is 95.2 Å². The zero-order valence-corrected chi connectivity index (χ0v) is 7.37. The number of hydrogen-bond donors (Lipinski definition) is 0. The fraction of sp³-hybridized carbons (Fsp3) is 0. The van der Waals surface area contributed by atoms with Gasteiger partial charge in [-0.1, -0.05) is 0 Å². The first-order valence-electron chi connectivity index (χ1n) is 0.894. The molecule has 0 aliphatic carbocycles. The molecule has 46 valence electrons. The predicted octanol–water partition coefficient (Wildman–Crippen LogP) is 0.00218. The molecule has 0 radical (unpaired) electrons. The molecule has 0 amide bonds. The second-order valence-corrected chi connectivity index (χ2v) is 0. The summed E-state index contributed by atoms with van der Waals surface area (Å²) in [6.45, 7) is 19.0. The minimum atomic E-state index is 0. The van der Waals surface area contributed by atoms with E-state index in [1.807, 2.05) is 0 Å². The molecule has 0 unspecified atom stereocenters. The standard InChI is InChI=1S/4CN.Fe.Mg/c4*1-2;;/q4*-1;2*+2. The van der Waals surface area contributed by atoms with Crippen LogP contribution in [0.15, 0.2) is 0 Å². The van der Waals surface area contributed by atoms with Gasteiger partial charge in [-0.3, -0.25) is 0 Å². The Morgan fingerprint density at radius 3 is 0.500 bits per heavy atom. The maximum absolute atomic E-state index is 6.25. The van der Waals surface area contributed by atoms with Crippen LogP contribution in [0.4, 0.5) is 0 Å². The third-order valence-corrected chi connectivity index (χ3v) is 0. The summed E-state index contributed by atoms with van der Waals surface area (Å²) in [5.74, 6) is 0. The van der Waals surface area contributed by atoms with Gasteiger partial charge in [-0.25, -0.2) is 0 Å². The van der Waals surface area contributed by atoms with Gasteiger partial charge in [0.15, 0.2) is 0 Å². The second kappa shape index (κ2) is 761. The van der Waals surface area contributed by atoms with Crippen molar-refractivity contribution in [3.05, 3.63) is 26.3 Å². The van der Waals surface area contributed by atoms with Gasteiger partial charge in [0.1, 0.15) is 0 Å². The Morgan fingerprint density at radius 2 is 0.500 bits per heavy atom. The largest absolute Gasteiger partial charge is 2.00 e.